The van der Waals surface area contributed by atoms with E-state index < -0.39 is 11.9 Å². The van der Waals surface area contributed by atoms with E-state index in [1.807, 2.05) is 13.0 Å². The monoisotopic (exact) mass is 679 g/mol. The number of fused-ring (bicyclic) bond motifs is 2. The van der Waals surface area contributed by atoms with Crippen molar-refractivity contribution in [2.45, 2.75) is 44.6 Å². The second-order valence-electron chi connectivity index (χ2n) is 12.1. The van der Waals surface area contributed by atoms with Crippen LogP contribution in [-0.4, -0.2) is 77.5 Å². The number of nitrogens with zero attached hydrogens (tertiary/aromatic N) is 5. The fourth-order valence-electron chi connectivity index (χ4n) is 6.57. The first-order valence-corrected chi connectivity index (χ1v) is 16.8. The number of benzene rings is 3. The van der Waals surface area contributed by atoms with Crippen molar-refractivity contribution in [2.24, 2.45) is 12.8 Å². The van der Waals surface area contributed by atoms with Crippen molar-refractivity contribution >= 4 is 63.4 Å². The van der Waals surface area contributed by atoms with Gasteiger partial charge in [0.1, 0.15) is 24.3 Å². The minimum atomic E-state index is -0.636. The van der Waals surface area contributed by atoms with E-state index in [0.717, 1.165) is 67.4 Å². The van der Waals surface area contributed by atoms with E-state index in [4.69, 9.17) is 0 Å². The molecule has 4 aromatic rings. The second kappa shape index (κ2) is 14.8. The number of carbonyl (C=O) groups is 3. The number of nitrogens with two attached hydrogens (primary N) is 1. The van der Waals surface area contributed by atoms with Gasteiger partial charge in [0.25, 0.3) is 5.91 Å². The number of likely N-dealkylation sites (N-methyl/N-ethyl adjacent to an activating group) is 1. The first-order valence-electron chi connectivity index (χ1n) is 16.0. The van der Waals surface area contributed by atoms with E-state index in [1.165, 1.54) is 22.3 Å². The molecule has 0 aliphatic carbocycles. The number of imidazole rings is 1. The van der Waals surface area contributed by atoms with E-state index in [-0.39, 0.29) is 53.3 Å². The first-order chi connectivity index (χ1) is 23.1. The summed E-state index contributed by atoms with van der Waals surface area (Å²) in [5, 5.41) is 11.3. The molecular weight excluding hydrogens is 637 g/mol. The fourth-order valence-corrected chi connectivity index (χ4v) is 7.29. The molecule has 0 saturated carbocycles. The van der Waals surface area contributed by atoms with Crippen LogP contribution < -0.4 is 25.4 Å². The van der Waals surface area contributed by atoms with Crippen molar-refractivity contribution in [3.63, 3.8) is 0 Å². The van der Waals surface area contributed by atoms with Crippen molar-refractivity contribution in [2.75, 3.05) is 49.5 Å². The Kier molecular flexibility index (Phi) is 10.8. The lowest BCUT2D eigenvalue weighted by atomic mass is 9.89. The number of phenols is 1. The van der Waals surface area contributed by atoms with Gasteiger partial charge in [-0.3, -0.25) is 32.7 Å². The number of hydrogen-bond donors (Lipinski definition) is 3. The number of aromatic nitrogens is 2. The van der Waals surface area contributed by atoms with Crippen LogP contribution in [0.2, 0.25) is 0 Å². The van der Waals surface area contributed by atoms with Gasteiger partial charge >= 0.3 is 5.69 Å². The molecule has 3 aromatic carbocycles. The quantitative estimate of drug-likeness (QED) is 0.178. The van der Waals surface area contributed by atoms with Crippen LogP contribution in [0.5, 0.6) is 5.75 Å². The Morgan fingerprint density at radius 2 is 1.88 bits per heavy atom. The number of piperidine rings is 1. The standard InChI is InChI=1S/C33H37FN6O5S.CH5N/c1-4-5-24(19-41)40-26-9-6-21(15-27(26)37(3)33(40)45)20-10-12-38(13-11-20)18-30(44)36(2)23-7-8-25-22(14-23)16-28(42)32(31(25)34)39-17-29(43)35-46-39;1-2/h6-9,14-16,19-20,24,42H,4-5,10-13,17-18H2,1-3H3,(H,35,43);2H2,1H3. The van der Waals surface area contributed by atoms with Crippen molar-refractivity contribution in [1.29, 1.82) is 0 Å². The molecule has 6 rings (SSSR count). The Labute approximate surface area is 282 Å². The Hall–Kier alpha value is -4.40. The van der Waals surface area contributed by atoms with Crippen LogP contribution in [-0.2, 0) is 21.4 Å². The van der Waals surface area contributed by atoms with Gasteiger partial charge in [0.2, 0.25) is 5.91 Å². The normalized spacial score (nSPS) is 16.1. The maximum absolute atomic E-state index is 15.4. The van der Waals surface area contributed by atoms with Gasteiger partial charge in [-0.2, -0.15) is 0 Å². The predicted octanol–water partition coefficient (Wildman–Crippen LogP) is 3.79. The summed E-state index contributed by atoms with van der Waals surface area (Å²) in [5.74, 6) is -1.02. The van der Waals surface area contributed by atoms with Gasteiger partial charge in [0.05, 0.1) is 35.8 Å². The van der Waals surface area contributed by atoms with Gasteiger partial charge in [-0.25, -0.2) is 9.18 Å². The number of aryl methyl sites for hydroxylation is 1. The zero-order valence-corrected chi connectivity index (χ0v) is 28.4. The van der Waals surface area contributed by atoms with Crippen LogP contribution >= 0.6 is 12.1 Å². The molecule has 1 atom stereocenters. The van der Waals surface area contributed by atoms with Crippen LogP contribution in [0, 0.1) is 5.82 Å². The number of aromatic hydroxyl groups is 1. The van der Waals surface area contributed by atoms with Crippen molar-refractivity contribution in [3.8, 4) is 5.75 Å². The molecule has 4 N–H and O–H groups in total. The number of rotatable bonds is 9. The molecule has 14 heteroatoms. The van der Waals surface area contributed by atoms with Crippen LogP contribution in [0.15, 0.2) is 47.3 Å². The summed E-state index contributed by atoms with van der Waals surface area (Å²) in [6.45, 7) is 3.62. The molecule has 1 aromatic heterocycles. The van der Waals surface area contributed by atoms with Gasteiger partial charge in [-0.1, -0.05) is 19.4 Å². The first kappa shape index (κ1) is 34.9. The topological polar surface area (TPSA) is 146 Å². The SMILES string of the molecule is CCCC(C=O)n1c(=O)n(C)c2cc(C3CCN(CC(=O)N(C)c4ccc5c(F)c(N6CC(=O)NS6)c(O)cc5c4)CC3)ccc21.CN. The average Bonchev–Trinajstić information content (AvgIpc) is 3.63. The molecule has 12 nitrogen and oxygen atoms in total. The lowest BCUT2D eigenvalue weighted by molar-refractivity contribution is -0.120. The molecule has 2 fully saturated rings. The van der Waals surface area contributed by atoms with Gasteiger partial charge in [0, 0.05) is 25.2 Å². The van der Waals surface area contributed by atoms with E-state index in [9.17, 15) is 24.3 Å². The number of anilines is 2. The summed E-state index contributed by atoms with van der Waals surface area (Å²) in [6, 6.07) is 11.9. The van der Waals surface area contributed by atoms with Crippen molar-refractivity contribution < 1.29 is 23.9 Å². The zero-order valence-electron chi connectivity index (χ0n) is 27.6. The van der Waals surface area contributed by atoms with Gasteiger partial charge in [0.15, 0.2) is 5.82 Å². The number of aldehydes is 1. The average molecular weight is 680 g/mol. The van der Waals surface area contributed by atoms with Crippen LogP contribution in [0.25, 0.3) is 21.8 Å². The Morgan fingerprint density at radius 1 is 1.15 bits per heavy atom. The molecule has 2 aliphatic heterocycles. The number of amides is 2. The summed E-state index contributed by atoms with van der Waals surface area (Å²) in [6.07, 6.45) is 3.98. The molecule has 3 heterocycles. The highest BCUT2D eigenvalue weighted by atomic mass is 32.2. The van der Waals surface area contributed by atoms with Crippen molar-refractivity contribution in [3.05, 3.63) is 64.3 Å². The maximum atomic E-state index is 15.4. The van der Waals surface area contributed by atoms with E-state index >= 15 is 4.39 Å². The van der Waals surface area contributed by atoms with Gasteiger partial charge in [-0.05, 0) is 92.7 Å². The number of carbonyl (C=O) groups excluding carboxylic acids is 3. The van der Waals surface area contributed by atoms with Crippen molar-refractivity contribution in [1.82, 2.24) is 18.8 Å². The third kappa shape index (κ3) is 6.64. The third-order valence-electron chi connectivity index (χ3n) is 9.19. The molecule has 256 valence electrons. The summed E-state index contributed by atoms with van der Waals surface area (Å²) in [7, 11) is 4.92. The number of likely N-dealkylation sites (tertiary alicyclic amines) is 1. The van der Waals surface area contributed by atoms with Crippen LogP contribution in [0.3, 0.4) is 0 Å². The minimum Gasteiger partial charge on any atom is -0.506 e. The lowest BCUT2D eigenvalue weighted by Crippen LogP contribution is -2.42. The fraction of sp³-hybridized carbons (Fsp3) is 0.412. The molecular formula is C34H42FN7O5S. The number of halogens is 1. The predicted molar refractivity (Wildman–Crippen MR) is 188 cm³/mol. The molecule has 2 amide bonds. The molecule has 0 spiro atoms. The van der Waals surface area contributed by atoms with E-state index in [0.29, 0.717) is 17.5 Å². The summed E-state index contributed by atoms with van der Waals surface area (Å²) in [5.41, 5.74) is 7.54. The number of nitrogens with one attached hydrogen (secondary N) is 1. The molecule has 0 radical (unpaired) electrons. The number of phenolic OH excluding ortho intramolecular Hbond substituents is 1. The zero-order chi connectivity index (χ0) is 34.7. The molecule has 48 heavy (non-hydrogen) atoms. The van der Waals surface area contributed by atoms with Crippen LogP contribution in [0.1, 0.15) is 50.1 Å². The van der Waals surface area contributed by atoms with E-state index in [1.54, 1.807) is 41.4 Å². The van der Waals surface area contributed by atoms with E-state index in [2.05, 4.69) is 27.5 Å². The Morgan fingerprint density at radius 3 is 2.52 bits per heavy atom. The smallest absolute Gasteiger partial charge is 0.329 e. The summed E-state index contributed by atoms with van der Waals surface area (Å²) >= 11 is 0.925. The lowest BCUT2D eigenvalue weighted by Gasteiger charge is -2.32. The molecule has 2 aliphatic rings. The maximum Gasteiger partial charge on any atom is 0.329 e. The minimum absolute atomic E-state index is 0.0580. The molecule has 2 saturated heterocycles. The molecule has 1 unspecified atom stereocenters. The van der Waals surface area contributed by atoms with Gasteiger partial charge in [-0.15, -0.1) is 0 Å². The Bertz CT molecular complexity index is 1900. The number of hydrogen-bond acceptors (Lipinski definition) is 9. The van der Waals surface area contributed by atoms with Gasteiger partial charge < -0.3 is 20.5 Å². The molecule has 0 bridgehead atoms. The largest absolute Gasteiger partial charge is 0.506 e. The summed E-state index contributed by atoms with van der Waals surface area (Å²) in [4.78, 5) is 53.3. The third-order valence-corrected chi connectivity index (χ3v) is 10.0. The second-order valence-corrected chi connectivity index (χ2v) is 12.9. The van der Waals surface area contributed by atoms with Crippen LogP contribution in [0.4, 0.5) is 15.8 Å². The highest BCUT2D eigenvalue weighted by Gasteiger charge is 2.28. The Balaban J connectivity index is 0.00000221. The highest BCUT2D eigenvalue weighted by molar-refractivity contribution is 7.99. The highest BCUT2D eigenvalue weighted by Crippen LogP contribution is 2.40. The summed E-state index contributed by atoms with van der Waals surface area (Å²) < 4.78 is 22.5.